The molecule has 0 spiro atoms. The molecule has 2 aromatic carbocycles. The Morgan fingerprint density at radius 1 is 1.08 bits per heavy atom. The fraction of sp³-hybridized carbons (Fsp3) is 0.481. The lowest BCUT2D eigenvalue weighted by Gasteiger charge is -2.33. The molecule has 9 nitrogen and oxygen atoms in total. The van der Waals surface area contributed by atoms with Crippen LogP contribution in [0.3, 0.4) is 0 Å². The van der Waals surface area contributed by atoms with Crippen molar-refractivity contribution in [1.29, 1.82) is 0 Å². The zero-order valence-corrected chi connectivity index (χ0v) is 23.1. The monoisotopic (exact) mass is 549 g/mol. The SMILES string of the molecule is CCC(C(=O)NC1CCCC1)N(Cc1ccc(F)cc1)C(=O)CN(c1ccc(OC)cc1OC)S(C)(=O)=O. The number of methoxy groups -OCH3 is 2. The summed E-state index contributed by atoms with van der Waals surface area (Å²) in [5.74, 6) is -0.627. The van der Waals surface area contributed by atoms with Crippen LogP contribution in [0.25, 0.3) is 0 Å². The summed E-state index contributed by atoms with van der Waals surface area (Å²) in [6, 6.07) is 9.45. The van der Waals surface area contributed by atoms with Crippen LogP contribution < -0.4 is 19.1 Å². The number of carbonyl (C=O) groups is 2. The van der Waals surface area contributed by atoms with Crippen LogP contribution in [0.5, 0.6) is 11.5 Å². The summed E-state index contributed by atoms with van der Waals surface area (Å²) in [6.45, 7) is 1.24. The highest BCUT2D eigenvalue weighted by molar-refractivity contribution is 7.92. The van der Waals surface area contributed by atoms with Gasteiger partial charge >= 0.3 is 0 Å². The smallest absolute Gasteiger partial charge is 0.244 e. The number of carbonyl (C=O) groups excluding carboxylic acids is 2. The molecule has 0 aliphatic heterocycles. The number of nitrogens with one attached hydrogen (secondary N) is 1. The Morgan fingerprint density at radius 3 is 2.29 bits per heavy atom. The molecule has 1 aliphatic carbocycles. The first-order valence-electron chi connectivity index (χ1n) is 12.6. The Morgan fingerprint density at radius 2 is 1.74 bits per heavy atom. The topological polar surface area (TPSA) is 105 Å². The van der Waals surface area contributed by atoms with Crippen LogP contribution in [-0.2, 0) is 26.2 Å². The van der Waals surface area contributed by atoms with Gasteiger partial charge in [0.25, 0.3) is 0 Å². The van der Waals surface area contributed by atoms with Crippen LogP contribution in [0, 0.1) is 5.82 Å². The van der Waals surface area contributed by atoms with Crippen LogP contribution in [0.4, 0.5) is 10.1 Å². The van der Waals surface area contributed by atoms with E-state index in [4.69, 9.17) is 9.47 Å². The van der Waals surface area contributed by atoms with Crippen LogP contribution in [0.15, 0.2) is 42.5 Å². The second-order valence-corrected chi connectivity index (χ2v) is 11.3. The van der Waals surface area contributed by atoms with Gasteiger partial charge in [-0.15, -0.1) is 0 Å². The molecule has 38 heavy (non-hydrogen) atoms. The minimum absolute atomic E-state index is 0.00700. The van der Waals surface area contributed by atoms with Gasteiger partial charge in [-0.25, -0.2) is 12.8 Å². The highest BCUT2D eigenvalue weighted by atomic mass is 32.2. The Hall–Kier alpha value is -3.34. The van der Waals surface area contributed by atoms with E-state index in [1.165, 1.54) is 55.5 Å². The lowest BCUT2D eigenvalue weighted by Crippen LogP contribution is -2.53. The summed E-state index contributed by atoms with van der Waals surface area (Å²) in [5.41, 5.74) is 0.772. The molecular weight excluding hydrogens is 513 g/mol. The molecule has 0 aromatic heterocycles. The molecule has 3 rings (SSSR count). The highest BCUT2D eigenvalue weighted by Crippen LogP contribution is 2.34. The average Bonchev–Trinajstić information content (AvgIpc) is 3.40. The summed E-state index contributed by atoms with van der Waals surface area (Å²) in [6.07, 6.45) is 5.15. The molecule has 1 atom stereocenters. The summed E-state index contributed by atoms with van der Waals surface area (Å²) in [4.78, 5) is 28.5. The van der Waals surface area contributed by atoms with Gasteiger partial charge in [0, 0.05) is 18.7 Å². The number of anilines is 1. The molecule has 2 amide bonds. The normalized spacial score (nSPS) is 14.6. The van der Waals surface area contributed by atoms with Crippen molar-refractivity contribution in [2.24, 2.45) is 0 Å². The van der Waals surface area contributed by atoms with Crippen molar-refractivity contribution in [2.75, 3.05) is 31.3 Å². The summed E-state index contributed by atoms with van der Waals surface area (Å²) in [7, 11) is -1.07. The number of rotatable bonds is 12. The van der Waals surface area contributed by atoms with Gasteiger partial charge in [0.15, 0.2) is 0 Å². The summed E-state index contributed by atoms with van der Waals surface area (Å²) >= 11 is 0. The maximum Gasteiger partial charge on any atom is 0.244 e. The third-order valence-electron chi connectivity index (χ3n) is 6.69. The van der Waals surface area contributed by atoms with Gasteiger partial charge < -0.3 is 19.7 Å². The van der Waals surface area contributed by atoms with Gasteiger partial charge in [-0.2, -0.15) is 0 Å². The quantitative estimate of drug-likeness (QED) is 0.435. The van der Waals surface area contributed by atoms with Gasteiger partial charge in [-0.05, 0) is 49.1 Å². The van der Waals surface area contributed by atoms with Gasteiger partial charge in [0.1, 0.15) is 29.9 Å². The van der Waals surface area contributed by atoms with Crippen LogP contribution in [0.1, 0.15) is 44.6 Å². The Kier molecular flexibility index (Phi) is 9.96. The predicted molar refractivity (Wildman–Crippen MR) is 143 cm³/mol. The zero-order valence-electron chi connectivity index (χ0n) is 22.3. The van der Waals surface area contributed by atoms with E-state index in [0.29, 0.717) is 17.7 Å². The van der Waals surface area contributed by atoms with Gasteiger partial charge in [0.2, 0.25) is 21.8 Å². The number of hydrogen-bond acceptors (Lipinski definition) is 6. The predicted octanol–water partition coefficient (Wildman–Crippen LogP) is 3.48. The largest absolute Gasteiger partial charge is 0.497 e. The van der Waals surface area contributed by atoms with Crippen LogP contribution in [-0.4, -0.2) is 64.2 Å². The third-order valence-corrected chi connectivity index (χ3v) is 7.81. The Balaban J connectivity index is 1.96. The van der Waals surface area contributed by atoms with E-state index in [2.05, 4.69) is 5.32 Å². The van der Waals surface area contributed by atoms with Crippen molar-refractivity contribution in [3.63, 3.8) is 0 Å². The standard InChI is InChI=1S/C27H36FN3O6S/c1-5-23(27(33)29-21-8-6-7-9-21)30(17-19-10-12-20(28)13-11-19)26(32)18-31(38(4,34)35)24-15-14-22(36-2)16-25(24)37-3/h10-16,21,23H,5-9,17-18H2,1-4H3,(H,29,33). The maximum absolute atomic E-state index is 13.8. The van der Waals surface area contributed by atoms with Crippen molar-refractivity contribution in [2.45, 2.75) is 57.7 Å². The van der Waals surface area contributed by atoms with Crippen LogP contribution >= 0.6 is 0 Å². The van der Waals surface area contributed by atoms with Gasteiger partial charge in [-0.3, -0.25) is 13.9 Å². The van der Waals surface area contributed by atoms with Crippen molar-refractivity contribution >= 4 is 27.5 Å². The maximum atomic E-state index is 13.8. The average molecular weight is 550 g/mol. The lowest BCUT2D eigenvalue weighted by molar-refractivity contribution is -0.140. The van der Waals surface area contributed by atoms with Gasteiger partial charge in [0.05, 0.1) is 26.2 Å². The van der Waals surface area contributed by atoms with Crippen molar-refractivity contribution in [3.8, 4) is 11.5 Å². The number of halogens is 1. The Bertz CT molecular complexity index is 1220. The molecule has 1 fully saturated rings. The highest BCUT2D eigenvalue weighted by Gasteiger charge is 2.33. The van der Waals surface area contributed by atoms with Crippen LogP contribution in [0.2, 0.25) is 0 Å². The molecule has 0 saturated heterocycles. The first kappa shape index (κ1) is 29.2. The Labute approximate surface area is 224 Å². The first-order chi connectivity index (χ1) is 18.1. The molecule has 0 bridgehead atoms. The summed E-state index contributed by atoms with van der Waals surface area (Å²) < 4.78 is 50.8. The fourth-order valence-corrected chi connectivity index (χ4v) is 5.51. The molecule has 1 unspecified atom stereocenters. The molecule has 2 aromatic rings. The van der Waals surface area contributed by atoms with E-state index < -0.39 is 34.3 Å². The van der Waals surface area contributed by atoms with E-state index in [1.54, 1.807) is 13.0 Å². The fourth-order valence-electron chi connectivity index (χ4n) is 4.66. The number of ether oxygens (including phenoxy) is 2. The van der Waals surface area contributed by atoms with Crippen molar-refractivity contribution in [3.05, 3.63) is 53.8 Å². The molecule has 1 N–H and O–H groups in total. The minimum Gasteiger partial charge on any atom is -0.497 e. The first-order valence-corrected chi connectivity index (χ1v) is 14.5. The number of sulfonamides is 1. The minimum atomic E-state index is -3.93. The van der Waals surface area contributed by atoms with E-state index >= 15 is 0 Å². The molecule has 208 valence electrons. The number of benzene rings is 2. The van der Waals surface area contributed by atoms with E-state index in [0.717, 1.165) is 36.2 Å². The zero-order chi connectivity index (χ0) is 27.9. The molecular formula is C27H36FN3O6S. The van der Waals surface area contributed by atoms with E-state index in [-0.39, 0.29) is 29.9 Å². The van der Waals surface area contributed by atoms with E-state index in [1.807, 2.05) is 0 Å². The number of hydrogen-bond donors (Lipinski definition) is 1. The molecule has 1 saturated carbocycles. The second kappa shape index (κ2) is 12.9. The summed E-state index contributed by atoms with van der Waals surface area (Å²) in [5, 5.41) is 3.05. The van der Waals surface area contributed by atoms with Gasteiger partial charge in [-0.1, -0.05) is 31.9 Å². The second-order valence-electron chi connectivity index (χ2n) is 9.37. The molecule has 0 heterocycles. The van der Waals surface area contributed by atoms with E-state index in [9.17, 15) is 22.4 Å². The van der Waals surface area contributed by atoms with Crippen molar-refractivity contribution < 1.29 is 31.9 Å². The number of amides is 2. The molecule has 0 radical (unpaired) electrons. The third kappa shape index (κ3) is 7.37. The lowest BCUT2D eigenvalue weighted by atomic mass is 10.1. The molecule has 11 heteroatoms. The molecule has 1 aliphatic rings. The van der Waals surface area contributed by atoms with Crippen molar-refractivity contribution in [1.82, 2.24) is 10.2 Å². The number of nitrogens with zero attached hydrogens (tertiary/aromatic N) is 2.